The van der Waals surface area contributed by atoms with E-state index in [4.69, 9.17) is 4.74 Å². The Morgan fingerprint density at radius 1 is 0.949 bits per heavy atom. The number of hydrogen-bond acceptors (Lipinski definition) is 5. The SMILES string of the molecule is COc1ccc(/C(O)=C2/C(=O)C(=O)N(c3cccc(OC(F)(F)F)c3)C2c2cccc(C)c2)cc1C(C)(C)C. The first-order valence-corrected chi connectivity index (χ1v) is 12.1. The average Bonchev–Trinajstić information content (AvgIpc) is 3.12. The molecule has 1 N–H and O–H groups in total. The van der Waals surface area contributed by atoms with Crippen LogP contribution in [-0.2, 0) is 15.0 Å². The fourth-order valence-electron chi connectivity index (χ4n) is 4.68. The number of aliphatic hydroxyl groups is 1. The van der Waals surface area contributed by atoms with E-state index in [2.05, 4.69) is 4.74 Å². The minimum Gasteiger partial charge on any atom is -0.507 e. The zero-order valence-corrected chi connectivity index (χ0v) is 22.1. The maximum atomic E-state index is 13.4. The molecule has 1 atom stereocenters. The normalized spacial score (nSPS) is 17.4. The van der Waals surface area contributed by atoms with Crippen LogP contribution in [0.2, 0.25) is 0 Å². The number of rotatable bonds is 5. The van der Waals surface area contributed by atoms with Gasteiger partial charge in [-0.05, 0) is 48.2 Å². The molecule has 0 radical (unpaired) electrons. The molecule has 1 amide bonds. The van der Waals surface area contributed by atoms with Gasteiger partial charge in [0.2, 0.25) is 0 Å². The lowest BCUT2D eigenvalue weighted by atomic mass is 9.84. The quantitative estimate of drug-likeness (QED) is 0.219. The molecule has 1 aliphatic rings. The van der Waals surface area contributed by atoms with E-state index in [0.717, 1.165) is 28.2 Å². The first-order chi connectivity index (χ1) is 18.2. The summed E-state index contributed by atoms with van der Waals surface area (Å²) in [5.74, 6) is -2.31. The summed E-state index contributed by atoms with van der Waals surface area (Å²) < 4.78 is 48.2. The summed E-state index contributed by atoms with van der Waals surface area (Å²) in [5.41, 5.74) is 1.85. The predicted molar refractivity (Wildman–Crippen MR) is 141 cm³/mol. The number of ether oxygens (including phenoxy) is 2. The van der Waals surface area contributed by atoms with E-state index in [1.54, 1.807) is 36.4 Å². The van der Waals surface area contributed by atoms with Crippen molar-refractivity contribution in [1.29, 1.82) is 0 Å². The van der Waals surface area contributed by atoms with Crippen molar-refractivity contribution in [1.82, 2.24) is 0 Å². The number of aryl methyl sites for hydroxylation is 1. The number of hydrogen-bond donors (Lipinski definition) is 1. The molecule has 204 valence electrons. The zero-order chi connectivity index (χ0) is 28.7. The van der Waals surface area contributed by atoms with Gasteiger partial charge in [-0.25, -0.2) is 0 Å². The Hall–Kier alpha value is -4.27. The van der Waals surface area contributed by atoms with Crippen molar-refractivity contribution in [2.75, 3.05) is 12.0 Å². The van der Waals surface area contributed by atoms with Gasteiger partial charge in [-0.1, -0.05) is 56.7 Å². The van der Waals surface area contributed by atoms with Gasteiger partial charge in [-0.2, -0.15) is 0 Å². The second kappa shape index (κ2) is 10.1. The number of anilines is 1. The molecule has 6 nitrogen and oxygen atoms in total. The third kappa shape index (κ3) is 5.62. The summed E-state index contributed by atoms with van der Waals surface area (Å²) in [7, 11) is 1.53. The van der Waals surface area contributed by atoms with Gasteiger partial charge in [0.25, 0.3) is 11.7 Å². The molecule has 1 fully saturated rings. The molecule has 1 unspecified atom stereocenters. The highest BCUT2D eigenvalue weighted by molar-refractivity contribution is 6.51. The van der Waals surface area contributed by atoms with Crippen LogP contribution in [0, 0.1) is 6.92 Å². The number of methoxy groups -OCH3 is 1. The Bertz CT molecular complexity index is 1470. The van der Waals surface area contributed by atoms with Crippen LogP contribution in [-0.4, -0.2) is 30.3 Å². The van der Waals surface area contributed by atoms with Crippen molar-refractivity contribution in [2.45, 2.75) is 45.5 Å². The van der Waals surface area contributed by atoms with E-state index in [-0.39, 0.29) is 16.7 Å². The highest BCUT2D eigenvalue weighted by Crippen LogP contribution is 2.44. The van der Waals surface area contributed by atoms with Crippen LogP contribution in [0.15, 0.2) is 72.3 Å². The van der Waals surface area contributed by atoms with E-state index >= 15 is 0 Å². The van der Waals surface area contributed by atoms with Gasteiger partial charge in [0.15, 0.2) is 0 Å². The lowest BCUT2D eigenvalue weighted by molar-refractivity contribution is -0.274. The topological polar surface area (TPSA) is 76.1 Å². The van der Waals surface area contributed by atoms with Crippen LogP contribution in [0.3, 0.4) is 0 Å². The molecule has 39 heavy (non-hydrogen) atoms. The van der Waals surface area contributed by atoms with Crippen LogP contribution < -0.4 is 14.4 Å². The summed E-state index contributed by atoms with van der Waals surface area (Å²) in [6.07, 6.45) is -4.94. The third-order valence-corrected chi connectivity index (χ3v) is 6.41. The van der Waals surface area contributed by atoms with E-state index in [1.807, 2.05) is 33.8 Å². The number of carbonyl (C=O) groups excluding carboxylic acids is 2. The van der Waals surface area contributed by atoms with Gasteiger partial charge in [0, 0.05) is 22.9 Å². The Labute approximate surface area is 224 Å². The second-order valence-electron chi connectivity index (χ2n) is 10.3. The molecule has 3 aromatic carbocycles. The van der Waals surface area contributed by atoms with Gasteiger partial charge in [0.1, 0.15) is 17.3 Å². The van der Waals surface area contributed by atoms with Crippen LogP contribution in [0.5, 0.6) is 11.5 Å². The minimum absolute atomic E-state index is 0.00881. The number of benzene rings is 3. The minimum atomic E-state index is -4.94. The Morgan fingerprint density at radius 3 is 2.26 bits per heavy atom. The molecular formula is C30H28F3NO5. The largest absolute Gasteiger partial charge is 0.573 e. The standard InChI is InChI=1S/C30H28F3NO5/c1-17-8-6-9-18(14-17)25-24(26(35)19-12-13-23(38-5)22(15-19)29(2,3)4)27(36)28(37)34(25)20-10-7-11-21(16-20)39-30(31,32)33/h6-16,25,35H,1-5H3/b26-24-. The van der Waals surface area contributed by atoms with Gasteiger partial charge in [-0.15, -0.1) is 13.2 Å². The molecule has 1 heterocycles. The van der Waals surface area contributed by atoms with Crippen LogP contribution in [0.25, 0.3) is 5.76 Å². The maximum Gasteiger partial charge on any atom is 0.573 e. The first kappa shape index (κ1) is 27.8. The molecule has 3 aromatic rings. The monoisotopic (exact) mass is 539 g/mol. The molecule has 4 rings (SSSR count). The number of nitrogens with zero attached hydrogens (tertiary/aromatic N) is 1. The molecule has 0 spiro atoms. The lowest BCUT2D eigenvalue weighted by Crippen LogP contribution is -2.29. The van der Waals surface area contributed by atoms with Crippen molar-refractivity contribution in [3.05, 3.63) is 94.6 Å². The Balaban J connectivity index is 1.94. The maximum absolute atomic E-state index is 13.4. The smallest absolute Gasteiger partial charge is 0.507 e. The van der Waals surface area contributed by atoms with Gasteiger partial charge < -0.3 is 14.6 Å². The van der Waals surface area contributed by atoms with Gasteiger partial charge >= 0.3 is 6.36 Å². The van der Waals surface area contributed by atoms with Crippen molar-refractivity contribution >= 4 is 23.1 Å². The number of halogens is 3. The van der Waals surface area contributed by atoms with Crippen molar-refractivity contribution < 1.29 is 37.3 Å². The predicted octanol–water partition coefficient (Wildman–Crippen LogP) is 6.83. The number of carbonyl (C=O) groups is 2. The van der Waals surface area contributed by atoms with Crippen LogP contribution in [0.4, 0.5) is 18.9 Å². The van der Waals surface area contributed by atoms with Crippen LogP contribution >= 0.6 is 0 Å². The summed E-state index contributed by atoms with van der Waals surface area (Å²) in [4.78, 5) is 27.9. The number of Topliss-reactive ketones (excluding diaryl/α,β-unsaturated/α-hetero) is 1. The van der Waals surface area contributed by atoms with Gasteiger partial charge in [0.05, 0.1) is 18.7 Å². The molecular weight excluding hydrogens is 511 g/mol. The molecule has 0 bridgehead atoms. The summed E-state index contributed by atoms with van der Waals surface area (Å²) >= 11 is 0. The zero-order valence-electron chi connectivity index (χ0n) is 22.1. The molecule has 0 saturated carbocycles. The number of amides is 1. The molecule has 9 heteroatoms. The van der Waals surface area contributed by atoms with Crippen LogP contribution in [0.1, 0.15) is 49.1 Å². The highest BCUT2D eigenvalue weighted by atomic mass is 19.4. The fourth-order valence-corrected chi connectivity index (χ4v) is 4.68. The molecule has 0 aliphatic carbocycles. The highest BCUT2D eigenvalue weighted by Gasteiger charge is 2.47. The second-order valence-corrected chi connectivity index (χ2v) is 10.3. The molecule has 1 saturated heterocycles. The lowest BCUT2D eigenvalue weighted by Gasteiger charge is -2.26. The first-order valence-electron chi connectivity index (χ1n) is 12.1. The van der Waals surface area contributed by atoms with E-state index in [1.165, 1.54) is 19.2 Å². The van der Waals surface area contributed by atoms with Crippen molar-refractivity contribution in [2.24, 2.45) is 0 Å². The summed E-state index contributed by atoms with van der Waals surface area (Å²) in [5, 5.41) is 11.5. The average molecular weight is 540 g/mol. The molecule has 0 aromatic heterocycles. The van der Waals surface area contributed by atoms with Crippen molar-refractivity contribution in [3.63, 3.8) is 0 Å². The fraction of sp³-hybridized carbons (Fsp3) is 0.267. The summed E-state index contributed by atoms with van der Waals surface area (Å²) in [6, 6.07) is 15.7. The van der Waals surface area contributed by atoms with E-state index in [9.17, 15) is 27.9 Å². The molecule has 1 aliphatic heterocycles. The van der Waals surface area contributed by atoms with E-state index in [0.29, 0.717) is 16.9 Å². The number of alkyl halides is 3. The number of aliphatic hydroxyl groups excluding tert-OH is 1. The Morgan fingerprint density at radius 2 is 1.64 bits per heavy atom. The number of ketones is 1. The third-order valence-electron chi connectivity index (χ3n) is 6.41. The van der Waals surface area contributed by atoms with Gasteiger partial charge in [-0.3, -0.25) is 14.5 Å². The van der Waals surface area contributed by atoms with Crippen molar-refractivity contribution in [3.8, 4) is 11.5 Å². The van der Waals surface area contributed by atoms with E-state index < -0.39 is 35.6 Å². The Kier molecular flexibility index (Phi) is 7.21. The summed E-state index contributed by atoms with van der Waals surface area (Å²) in [6.45, 7) is 7.73.